The quantitative estimate of drug-likeness (QED) is 0.150. The third-order valence-electron chi connectivity index (χ3n) is 8.00. The van der Waals surface area contributed by atoms with Gasteiger partial charge in [0.25, 0.3) is 0 Å². The van der Waals surface area contributed by atoms with Crippen LogP contribution in [0.15, 0.2) is 30.3 Å². The van der Waals surface area contributed by atoms with E-state index in [4.69, 9.17) is 0 Å². The van der Waals surface area contributed by atoms with Crippen LogP contribution in [0.2, 0.25) is 0 Å². The Bertz CT molecular complexity index is 642. The van der Waals surface area contributed by atoms with E-state index in [1.165, 1.54) is 160 Å². The molecule has 0 bridgehead atoms. The second-order valence-corrected chi connectivity index (χ2v) is 11.2. The van der Waals surface area contributed by atoms with Crippen LogP contribution in [-0.4, -0.2) is 36.6 Å². The van der Waals surface area contributed by atoms with Crippen molar-refractivity contribution in [1.29, 1.82) is 0 Å². The molecule has 2 rings (SSSR count). The molecule has 1 aromatic rings. The number of benzene rings is 1. The topological polar surface area (TPSA) is 7.45 Å². The molecule has 2 nitrogen and oxygen atoms in total. The molecule has 0 spiro atoms. The molecular formula is C33H60ClN2+. The van der Waals surface area contributed by atoms with E-state index in [0.29, 0.717) is 0 Å². The number of halogens is 1. The summed E-state index contributed by atoms with van der Waals surface area (Å²) in [6, 6.07) is 11.3. The molecule has 3 heteroatoms. The van der Waals surface area contributed by atoms with Crippen molar-refractivity contribution in [3.8, 4) is 0 Å². The van der Waals surface area contributed by atoms with Gasteiger partial charge in [0.2, 0.25) is 0 Å². The fraction of sp³-hybridized carbons (Fsp3) is 0.788. The lowest BCUT2D eigenvalue weighted by Crippen LogP contribution is -3.13. The standard InChI is InChI=1S/C33H59N2.ClH/c1-3-5-7-9-11-13-15-17-19-24-28-34-30-31-35(33(34)32-26-22-21-23-27-32)29-25-20-18-16-14-12-10-8-6-4-2;/h21-23,26-27H,3-20,24-25,28-31H2,1-2H3;1H/q+1;. The van der Waals surface area contributed by atoms with Crippen LogP contribution in [-0.2, 0) is 0 Å². The number of rotatable bonds is 23. The summed E-state index contributed by atoms with van der Waals surface area (Å²) in [7, 11) is 0. The van der Waals surface area contributed by atoms with Gasteiger partial charge in [-0.15, -0.1) is 0 Å². The molecule has 0 amide bonds. The van der Waals surface area contributed by atoms with Gasteiger partial charge < -0.3 is 12.4 Å². The minimum Gasteiger partial charge on any atom is -1.00 e. The van der Waals surface area contributed by atoms with Gasteiger partial charge in [0, 0.05) is 6.42 Å². The van der Waals surface area contributed by atoms with Crippen molar-refractivity contribution in [3.05, 3.63) is 35.9 Å². The molecule has 1 heterocycles. The van der Waals surface area contributed by atoms with Crippen molar-refractivity contribution in [2.45, 2.75) is 142 Å². The van der Waals surface area contributed by atoms with Crippen LogP contribution in [0, 0.1) is 0 Å². The van der Waals surface area contributed by atoms with Crippen molar-refractivity contribution in [1.82, 2.24) is 0 Å². The van der Waals surface area contributed by atoms with Crippen molar-refractivity contribution in [2.24, 2.45) is 0 Å². The highest BCUT2D eigenvalue weighted by atomic mass is 35.5. The second kappa shape index (κ2) is 23.3. The van der Waals surface area contributed by atoms with Gasteiger partial charge in [-0.25, -0.2) is 4.90 Å². The summed E-state index contributed by atoms with van der Waals surface area (Å²) in [5.74, 6) is 1.59. The van der Waals surface area contributed by atoms with Gasteiger partial charge in [-0.05, 0) is 31.4 Å². The van der Waals surface area contributed by atoms with Gasteiger partial charge in [0.05, 0.1) is 6.54 Å². The number of nitrogens with one attached hydrogen (secondary N) is 1. The highest BCUT2D eigenvalue weighted by Crippen LogP contribution is 2.12. The number of hydrogen-bond acceptors (Lipinski definition) is 0. The Morgan fingerprint density at radius 3 is 1.53 bits per heavy atom. The first kappa shape index (κ1) is 33.2. The van der Waals surface area contributed by atoms with E-state index < -0.39 is 0 Å². The Hall–Kier alpha value is -0.860. The fourth-order valence-electron chi connectivity index (χ4n) is 5.79. The zero-order valence-corrected chi connectivity index (χ0v) is 24.9. The van der Waals surface area contributed by atoms with Crippen LogP contribution in [0.5, 0.6) is 0 Å². The van der Waals surface area contributed by atoms with Crippen molar-refractivity contribution < 1.29 is 21.9 Å². The SMILES string of the molecule is CCCCCCCCCCCC[N+]1=C(c2ccccc2)[NH+](CCCCCCCCCCCC)CC1.[Cl-]. The molecule has 0 aromatic heterocycles. The number of unbranched alkanes of at least 4 members (excludes halogenated alkanes) is 18. The number of nitrogens with zero attached hydrogens (tertiary/aromatic N) is 1. The zero-order valence-electron chi connectivity index (χ0n) is 24.2. The summed E-state index contributed by atoms with van der Waals surface area (Å²) < 4.78 is 2.73. The highest BCUT2D eigenvalue weighted by Gasteiger charge is 2.35. The molecule has 36 heavy (non-hydrogen) atoms. The maximum absolute atomic E-state index is 2.73. The lowest BCUT2D eigenvalue weighted by atomic mass is 10.1. The Morgan fingerprint density at radius 2 is 1.03 bits per heavy atom. The van der Waals surface area contributed by atoms with Gasteiger partial charge in [-0.2, -0.15) is 4.58 Å². The molecule has 0 aliphatic carbocycles. The smallest absolute Gasteiger partial charge is 0.369 e. The van der Waals surface area contributed by atoms with Crippen LogP contribution in [0.3, 0.4) is 0 Å². The third kappa shape index (κ3) is 14.8. The van der Waals surface area contributed by atoms with Gasteiger partial charge in [0.1, 0.15) is 18.7 Å². The molecule has 1 atom stereocenters. The monoisotopic (exact) mass is 519 g/mol. The minimum atomic E-state index is 0. The predicted octanol–water partition coefficient (Wildman–Crippen LogP) is 5.19. The number of quaternary nitrogens is 1. The first-order valence-corrected chi connectivity index (χ1v) is 15.9. The minimum absolute atomic E-state index is 0. The van der Waals surface area contributed by atoms with E-state index in [2.05, 4.69) is 48.8 Å². The van der Waals surface area contributed by atoms with Crippen molar-refractivity contribution in [2.75, 3.05) is 26.2 Å². The van der Waals surface area contributed by atoms with Gasteiger partial charge in [-0.3, -0.25) is 0 Å². The van der Waals surface area contributed by atoms with Crippen LogP contribution in [0.1, 0.15) is 148 Å². The summed E-state index contributed by atoms with van der Waals surface area (Å²) in [6.45, 7) is 9.71. The summed E-state index contributed by atoms with van der Waals surface area (Å²) >= 11 is 0. The lowest BCUT2D eigenvalue weighted by molar-refractivity contribution is -0.801. The fourth-order valence-corrected chi connectivity index (χ4v) is 5.79. The predicted molar refractivity (Wildman–Crippen MR) is 155 cm³/mol. The van der Waals surface area contributed by atoms with Gasteiger partial charge in [0.15, 0.2) is 6.54 Å². The van der Waals surface area contributed by atoms with E-state index in [0.717, 1.165) is 0 Å². The first-order chi connectivity index (χ1) is 17.4. The summed E-state index contributed by atoms with van der Waals surface area (Å²) in [5, 5.41) is 0. The average Bonchev–Trinajstić information content (AvgIpc) is 3.29. The first-order valence-electron chi connectivity index (χ1n) is 15.9. The van der Waals surface area contributed by atoms with Gasteiger partial charge in [-0.1, -0.05) is 135 Å². The maximum Gasteiger partial charge on any atom is 0.369 e. The normalized spacial score (nSPS) is 15.4. The summed E-state index contributed by atoms with van der Waals surface area (Å²) in [4.78, 5) is 1.74. The molecule has 1 unspecified atom stereocenters. The third-order valence-corrected chi connectivity index (χ3v) is 8.00. The molecule has 1 aliphatic rings. The van der Waals surface area contributed by atoms with E-state index in [9.17, 15) is 0 Å². The summed E-state index contributed by atoms with van der Waals surface area (Å²) in [6.07, 6.45) is 28.5. The van der Waals surface area contributed by atoms with E-state index in [1.54, 1.807) is 10.7 Å². The Balaban J connectivity index is 0.00000648. The molecule has 0 saturated carbocycles. The maximum atomic E-state index is 2.73. The molecule has 0 radical (unpaired) electrons. The molecular weight excluding hydrogens is 460 g/mol. The average molecular weight is 520 g/mol. The van der Waals surface area contributed by atoms with Crippen molar-refractivity contribution in [3.63, 3.8) is 0 Å². The van der Waals surface area contributed by atoms with Crippen molar-refractivity contribution >= 4 is 5.84 Å². The Morgan fingerprint density at radius 1 is 0.583 bits per heavy atom. The molecule has 1 aromatic carbocycles. The Kier molecular flexibility index (Phi) is 21.4. The van der Waals surface area contributed by atoms with E-state index >= 15 is 0 Å². The second-order valence-electron chi connectivity index (χ2n) is 11.2. The molecule has 0 fully saturated rings. The Labute approximate surface area is 231 Å². The molecule has 1 aliphatic heterocycles. The van der Waals surface area contributed by atoms with Crippen LogP contribution in [0.25, 0.3) is 0 Å². The van der Waals surface area contributed by atoms with Crippen LogP contribution >= 0.6 is 0 Å². The van der Waals surface area contributed by atoms with Gasteiger partial charge >= 0.3 is 5.84 Å². The molecule has 1 N–H and O–H groups in total. The van der Waals surface area contributed by atoms with E-state index in [1.807, 2.05) is 0 Å². The highest BCUT2D eigenvalue weighted by molar-refractivity contribution is 5.88. The van der Waals surface area contributed by atoms with E-state index in [-0.39, 0.29) is 12.4 Å². The molecule has 208 valence electrons. The number of amidine groups is 1. The molecule has 0 saturated heterocycles. The zero-order chi connectivity index (χ0) is 24.8. The lowest BCUT2D eigenvalue weighted by Gasteiger charge is -2.11. The van der Waals surface area contributed by atoms with Crippen LogP contribution < -0.4 is 17.3 Å². The van der Waals surface area contributed by atoms with Crippen LogP contribution in [0.4, 0.5) is 0 Å². The number of hydrogen-bond donors (Lipinski definition) is 1. The largest absolute Gasteiger partial charge is 1.00 e. The summed E-state index contributed by atoms with van der Waals surface area (Å²) in [5.41, 5.74) is 1.46.